The predicted octanol–water partition coefficient (Wildman–Crippen LogP) is 5.87. The number of hydrogen-bond acceptors (Lipinski definition) is 6. The number of carboxylic acids is 1. The van der Waals surface area contributed by atoms with E-state index in [2.05, 4.69) is 14.9 Å². The van der Waals surface area contributed by atoms with Crippen LogP contribution in [0.5, 0.6) is 5.75 Å². The van der Waals surface area contributed by atoms with Crippen LogP contribution in [-0.2, 0) is 17.6 Å². The summed E-state index contributed by atoms with van der Waals surface area (Å²) in [5, 5.41) is 14.9. The second-order valence-electron chi connectivity index (χ2n) is 9.13. The van der Waals surface area contributed by atoms with E-state index in [-0.39, 0.29) is 0 Å². The lowest BCUT2D eigenvalue weighted by Gasteiger charge is -2.39. The van der Waals surface area contributed by atoms with Crippen LogP contribution in [0, 0.1) is 5.41 Å². The molecular formula is C26H32ClN3O3S. The number of unbranched alkanes of at least 4 members (excludes halogenated alkanes) is 1. The van der Waals surface area contributed by atoms with Crippen LogP contribution < -0.4 is 4.74 Å². The molecule has 182 valence electrons. The zero-order valence-corrected chi connectivity index (χ0v) is 21.2. The number of piperidine rings is 1. The van der Waals surface area contributed by atoms with Crippen LogP contribution in [0.2, 0.25) is 5.02 Å². The first kappa shape index (κ1) is 24.9. The lowest BCUT2D eigenvalue weighted by Crippen LogP contribution is -2.44. The second kappa shape index (κ2) is 11.5. The van der Waals surface area contributed by atoms with Gasteiger partial charge in [0.25, 0.3) is 0 Å². The van der Waals surface area contributed by atoms with E-state index < -0.39 is 11.4 Å². The molecule has 0 spiro atoms. The number of halogens is 1. The normalized spacial score (nSPS) is 16.1. The molecule has 6 nitrogen and oxygen atoms in total. The third kappa shape index (κ3) is 5.88. The minimum absolute atomic E-state index is 0.623. The Balaban J connectivity index is 1.31. The van der Waals surface area contributed by atoms with Crippen LogP contribution in [0.1, 0.15) is 49.1 Å². The Morgan fingerprint density at radius 2 is 2.03 bits per heavy atom. The van der Waals surface area contributed by atoms with Crippen molar-refractivity contribution < 1.29 is 14.6 Å². The third-order valence-corrected chi connectivity index (χ3v) is 8.25. The van der Waals surface area contributed by atoms with Gasteiger partial charge in [-0.2, -0.15) is 0 Å². The monoisotopic (exact) mass is 501 g/mol. The van der Waals surface area contributed by atoms with Crippen molar-refractivity contribution in [3.05, 3.63) is 51.6 Å². The smallest absolute Gasteiger partial charge is 0.309 e. The molecule has 8 heteroatoms. The van der Waals surface area contributed by atoms with E-state index in [9.17, 15) is 9.90 Å². The van der Waals surface area contributed by atoms with Gasteiger partial charge in [-0.25, -0.2) is 4.98 Å². The molecule has 1 fully saturated rings. The molecule has 0 radical (unpaired) electrons. The number of fused-ring (bicyclic) bond motifs is 1. The summed E-state index contributed by atoms with van der Waals surface area (Å²) in [6, 6.07) is 5.78. The highest BCUT2D eigenvalue weighted by Gasteiger charge is 2.40. The van der Waals surface area contributed by atoms with Crippen LogP contribution in [0.25, 0.3) is 10.9 Å². The number of thiazole rings is 1. The van der Waals surface area contributed by atoms with Crippen LogP contribution in [0.4, 0.5) is 0 Å². The average molecular weight is 502 g/mol. The number of pyridine rings is 1. The van der Waals surface area contributed by atoms with Gasteiger partial charge >= 0.3 is 5.97 Å². The zero-order valence-electron chi connectivity index (χ0n) is 19.6. The van der Waals surface area contributed by atoms with Crippen LogP contribution in [-0.4, -0.2) is 52.7 Å². The molecule has 1 aromatic carbocycles. The van der Waals surface area contributed by atoms with E-state index >= 15 is 0 Å². The van der Waals surface area contributed by atoms with Gasteiger partial charge in [-0.3, -0.25) is 9.78 Å². The van der Waals surface area contributed by atoms with Gasteiger partial charge in [0.15, 0.2) is 0 Å². The van der Waals surface area contributed by atoms with Crippen molar-refractivity contribution in [3.8, 4) is 5.75 Å². The summed E-state index contributed by atoms with van der Waals surface area (Å²) in [7, 11) is 1.64. The van der Waals surface area contributed by atoms with Gasteiger partial charge in [0.1, 0.15) is 5.75 Å². The highest BCUT2D eigenvalue weighted by atomic mass is 35.5. The molecule has 3 aromatic rings. The van der Waals surface area contributed by atoms with Crippen molar-refractivity contribution in [2.45, 2.75) is 51.4 Å². The molecule has 0 unspecified atom stereocenters. The summed E-state index contributed by atoms with van der Waals surface area (Å²) in [5.41, 5.74) is 1.24. The maximum absolute atomic E-state index is 12.3. The second-order valence-corrected chi connectivity index (χ2v) is 10.5. The summed E-state index contributed by atoms with van der Waals surface area (Å²) < 4.78 is 5.37. The van der Waals surface area contributed by atoms with Gasteiger partial charge in [0, 0.05) is 23.2 Å². The average Bonchev–Trinajstić information content (AvgIpc) is 3.37. The van der Waals surface area contributed by atoms with Crippen molar-refractivity contribution in [1.82, 2.24) is 14.9 Å². The molecule has 1 saturated heterocycles. The van der Waals surface area contributed by atoms with Crippen molar-refractivity contribution in [3.63, 3.8) is 0 Å². The van der Waals surface area contributed by atoms with Gasteiger partial charge in [-0.15, -0.1) is 11.3 Å². The Labute approximate surface area is 209 Å². The number of carbonyl (C=O) groups is 1. The predicted molar refractivity (Wildman–Crippen MR) is 137 cm³/mol. The Morgan fingerprint density at radius 3 is 2.74 bits per heavy atom. The molecule has 1 aliphatic rings. The van der Waals surface area contributed by atoms with E-state index in [1.165, 1.54) is 5.01 Å². The first-order valence-electron chi connectivity index (χ1n) is 12.0. The first-order valence-corrected chi connectivity index (χ1v) is 13.2. The number of benzene rings is 1. The standard InChI is InChI=1S/C26H32ClN3O3S/c1-33-19-7-8-23-21(17-19)20(22(27)18-29-23)5-4-9-26(25(31)32)10-14-30(15-11-26)13-3-2-6-24-28-12-16-34-24/h7-8,12,16-18H,2-6,9-11,13-15H2,1H3,(H,31,32). The molecule has 34 heavy (non-hydrogen) atoms. The summed E-state index contributed by atoms with van der Waals surface area (Å²) in [5.74, 6) is 0.0992. The molecule has 1 N–H and O–H groups in total. The van der Waals surface area contributed by atoms with Gasteiger partial charge < -0.3 is 14.7 Å². The van der Waals surface area contributed by atoms with Crippen molar-refractivity contribution >= 4 is 39.8 Å². The fourth-order valence-corrected chi connectivity index (χ4v) is 5.86. The highest BCUT2D eigenvalue weighted by Crippen LogP contribution is 2.38. The van der Waals surface area contributed by atoms with E-state index in [1.807, 2.05) is 29.8 Å². The fourth-order valence-electron chi connectivity index (χ4n) is 4.95. The molecule has 3 heterocycles. The maximum Gasteiger partial charge on any atom is 0.309 e. The topological polar surface area (TPSA) is 75.6 Å². The summed E-state index contributed by atoms with van der Waals surface area (Å²) >= 11 is 8.21. The van der Waals surface area contributed by atoms with Gasteiger partial charge in [-0.1, -0.05) is 11.6 Å². The van der Waals surface area contributed by atoms with Crippen molar-refractivity contribution in [2.24, 2.45) is 5.41 Å². The fraction of sp³-hybridized carbons (Fsp3) is 0.500. The molecule has 0 saturated carbocycles. The first-order chi connectivity index (χ1) is 16.5. The lowest BCUT2D eigenvalue weighted by atomic mass is 9.74. The number of likely N-dealkylation sites (tertiary alicyclic amines) is 1. The number of aliphatic carboxylic acids is 1. The Hall–Kier alpha value is -2.22. The Kier molecular flexibility index (Phi) is 8.40. The Morgan fingerprint density at radius 1 is 1.21 bits per heavy atom. The molecule has 0 bridgehead atoms. The molecular weight excluding hydrogens is 470 g/mol. The zero-order chi connectivity index (χ0) is 24.0. The molecule has 0 atom stereocenters. The summed E-state index contributed by atoms with van der Waals surface area (Å²) in [4.78, 5) is 23.5. The molecule has 2 aromatic heterocycles. The van der Waals surface area contributed by atoms with Crippen molar-refractivity contribution in [2.75, 3.05) is 26.7 Å². The van der Waals surface area contributed by atoms with E-state index in [4.69, 9.17) is 16.3 Å². The SMILES string of the molecule is COc1ccc2ncc(Cl)c(CCCC3(C(=O)O)CCN(CCCCc4nccs4)CC3)c2c1. The quantitative estimate of drug-likeness (QED) is 0.331. The number of rotatable bonds is 11. The van der Waals surface area contributed by atoms with Gasteiger partial charge in [0.05, 0.1) is 28.1 Å². The van der Waals surface area contributed by atoms with Crippen LogP contribution in [0.3, 0.4) is 0 Å². The van der Waals surface area contributed by atoms with Crippen LogP contribution >= 0.6 is 22.9 Å². The van der Waals surface area contributed by atoms with E-state index in [1.54, 1.807) is 24.6 Å². The highest BCUT2D eigenvalue weighted by molar-refractivity contribution is 7.09. The molecule has 4 rings (SSSR count). The van der Waals surface area contributed by atoms with Crippen LogP contribution in [0.15, 0.2) is 36.0 Å². The number of carboxylic acid groups (broad SMARTS) is 1. The molecule has 1 aliphatic heterocycles. The van der Waals surface area contributed by atoms with E-state index in [0.29, 0.717) is 24.3 Å². The number of aryl methyl sites for hydroxylation is 2. The minimum Gasteiger partial charge on any atom is -0.497 e. The lowest BCUT2D eigenvalue weighted by molar-refractivity contribution is -0.152. The Bertz CT molecular complexity index is 1100. The summed E-state index contributed by atoms with van der Waals surface area (Å²) in [6.07, 6.45) is 10.4. The van der Waals surface area contributed by atoms with E-state index in [0.717, 1.165) is 74.0 Å². The molecule has 0 aliphatic carbocycles. The number of hydrogen-bond donors (Lipinski definition) is 1. The number of ether oxygens (including phenoxy) is 1. The summed E-state index contributed by atoms with van der Waals surface area (Å²) in [6.45, 7) is 2.72. The largest absolute Gasteiger partial charge is 0.497 e. The van der Waals surface area contributed by atoms with Crippen molar-refractivity contribution in [1.29, 1.82) is 0 Å². The molecule has 0 amide bonds. The van der Waals surface area contributed by atoms with Gasteiger partial charge in [0.2, 0.25) is 0 Å². The van der Waals surface area contributed by atoms with Gasteiger partial charge in [-0.05, 0) is 94.8 Å². The number of aromatic nitrogens is 2. The third-order valence-electron chi connectivity index (χ3n) is 7.08. The number of nitrogens with zero attached hydrogens (tertiary/aromatic N) is 3. The maximum atomic E-state index is 12.3. The number of methoxy groups -OCH3 is 1. The minimum atomic E-state index is -0.664.